The van der Waals surface area contributed by atoms with E-state index < -0.39 is 48.9 Å². The van der Waals surface area contributed by atoms with E-state index in [-0.39, 0.29) is 12.3 Å². The summed E-state index contributed by atoms with van der Waals surface area (Å²) in [6, 6.07) is 8.02. The standard InChI is InChI=1S/C18H24N2O7/c1-10(22)20-15-12(23)7-14(27-17(15)16(25)13(24)9-21)18(26)19-8-11-5-3-2-4-6-11/h2-7,12-13,15-17,21,23-25H,8-9H2,1H3,(H,19,26)(H,20,22)/t12-,13+,15+,16+,17+/m0/s1. The van der Waals surface area contributed by atoms with Crippen LogP contribution in [0.5, 0.6) is 0 Å². The molecule has 5 atom stereocenters. The van der Waals surface area contributed by atoms with Crippen LogP contribution in [0, 0.1) is 0 Å². The van der Waals surface area contributed by atoms with Crippen molar-refractivity contribution in [2.75, 3.05) is 6.61 Å². The van der Waals surface area contributed by atoms with Crippen molar-refractivity contribution in [3.8, 4) is 0 Å². The minimum Gasteiger partial charge on any atom is -0.480 e. The number of aliphatic hydroxyl groups is 4. The summed E-state index contributed by atoms with van der Waals surface area (Å²) in [5.74, 6) is -1.38. The predicted octanol–water partition coefficient (Wildman–Crippen LogP) is -1.83. The second kappa shape index (κ2) is 9.47. The molecule has 6 N–H and O–H groups in total. The lowest BCUT2D eigenvalue weighted by atomic mass is 9.93. The Morgan fingerprint density at radius 3 is 2.48 bits per heavy atom. The molecule has 0 aliphatic carbocycles. The Bertz CT molecular complexity index is 680. The van der Waals surface area contributed by atoms with Crippen LogP contribution in [0.15, 0.2) is 42.2 Å². The Kier molecular flexibility index (Phi) is 7.31. The topological polar surface area (TPSA) is 148 Å². The van der Waals surface area contributed by atoms with E-state index in [9.17, 15) is 24.9 Å². The largest absolute Gasteiger partial charge is 0.480 e. The van der Waals surface area contributed by atoms with Gasteiger partial charge in [-0.2, -0.15) is 0 Å². The number of hydrogen-bond donors (Lipinski definition) is 6. The van der Waals surface area contributed by atoms with Crippen LogP contribution in [0.3, 0.4) is 0 Å². The van der Waals surface area contributed by atoms with Crippen molar-refractivity contribution in [3.63, 3.8) is 0 Å². The smallest absolute Gasteiger partial charge is 0.286 e. The quantitative estimate of drug-likeness (QED) is 0.326. The highest BCUT2D eigenvalue weighted by Gasteiger charge is 2.42. The van der Waals surface area contributed by atoms with E-state index in [0.717, 1.165) is 11.6 Å². The van der Waals surface area contributed by atoms with E-state index in [2.05, 4.69) is 10.6 Å². The summed E-state index contributed by atoms with van der Waals surface area (Å²) < 4.78 is 5.46. The maximum atomic E-state index is 12.4. The summed E-state index contributed by atoms with van der Waals surface area (Å²) in [6.07, 6.45) is -4.79. The first-order chi connectivity index (χ1) is 12.8. The molecule has 9 nitrogen and oxygen atoms in total. The van der Waals surface area contributed by atoms with E-state index in [0.29, 0.717) is 0 Å². The molecule has 9 heteroatoms. The molecule has 0 radical (unpaired) electrons. The number of benzene rings is 1. The molecule has 0 spiro atoms. The Morgan fingerprint density at radius 2 is 1.89 bits per heavy atom. The van der Waals surface area contributed by atoms with Crippen molar-refractivity contribution in [3.05, 3.63) is 47.7 Å². The lowest BCUT2D eigenvalue weighted by Gasteiger charge is -2.38. The molecule has 27 heavy (non-hydrogen) atoms. The van der Waals surface area contributed by atoms with Gasteiger partial charge in [0.15, 0.2) is 11.9 Å². The molecular weight excluding hydrogens is 356 g/mol. The fourth-order valence-electron chi connectivity index (χ4n) is 2.72. The van der Waals surface area contributed by atoms with E-state index in [1.165, 1.54) is 6.92 Å². The van der Waals surface area contributed by atoms with Gasteiger partial charge in [-0.15, -0.1) is 0 Å². The number of nitrogens with one attached hydrogen (secondary N) is 2. The first-order valence-corrected chi connectivity index (χ1v) is 8.46. The van der Waals surface area contributed by atoms with Gasteiger partial charge in [-0.1, -0.05) is 30.3 Å². The van der Waals surface area contributed by atoms with E-state index in [4.69, 9.17) is 9.84 Å². The van der Waals surface area contributed by atoms with Crippen molar-refractivity contribution in [2.45, 2.75) is 43.9 Å². The van der Waals surface area contributed by atoms with Crippen molar-refractivity contribution in [1.29, 1.82) is 0 Å². The minimum absolute atomic E-state index is 0.220. The monoisotopic (exact) mass is 380 g/mol. The second-order valence-corrected chi connectivity index (χ2v) is 6.24. The van der Waals surface area contributed by atoms with Gasteiger partial charge in [-0.25, -0.2) is 0 Å². The molecular formula is C18H24N2O7. The van der Waals surface area contributed by atoms with Crippen LogP contribution in [0.2, 0.25) is 0 Å². The number of amides is 2. The molecule has 2 rings (SSSR count). The van der Waals surface area contributed by atoms with Gasteiger partial charge in [0.2, 0.25) is 5.91 Å². The normalized spacial score (nSPS) is 24.2. The molecule has 1 aliphatic rings. The zero-order chi connectivity index (χ0) is 20.0. The van der Waals surface area contributed by atoms with E-state index in [1.807, 2.05) is 30.3 Å². The van der Waals surface area contributed by atoms with E-state index >= 15 is 0 Å². The van der Waals surface area contributed by atoms with Crippen LogP contribution in [-0.2, 0) is 20.9 Å². The highest BCUT2D eigenvalue weighted by Crippen LogP contribution is 2.23. The van der Waals surface area contributed by atoms with Gasteiger partial charge in [-0.3, -0.25) is 9.59 Å². The third-order valence-corrected chi connectivity index (χ3v) is 4.11. The molecule has 0 fully saturated rings. The Hall–Kier alpha value is -2.46. The lowest BCUT2D eigenvalue weighted by Crippen LogP contribution is -2.60. The van der Waals surface area contributed by atoms with Crippen LogP contribution >= 0.6 is 0 Å². The van der Waals surface area contributed by atoms with Crippen molar-refractivity contribution in [2.24, 2.45) is 0 Å². The summed E-state index contributed by atoms with van der Waals surface area (Å²) in [4.78, 5) is 23.7. The Balaban J connectivity index is 2.14. The Morgan fingerprint density at radius 1 is 1.22 bits per heavy atom. The van der Waals surface area contributed by atoms with Gasteiger partial charge in [0.1, 0.15) is 18.3 Å². The maximum absolute atomic E-state index is 12.4. The zero-order valence-corrected chi connectivity index (χ0v) is 14.8. The summed E-state index contributed by atoms with van der Waals surface area (Å²) in [6.45, 7) is 0.672. The number of rotatable bonds is 7. The Labute approximate surface area is 156 Å². The average molecular weight is 380 g/mol. The highest BCUT2D eigenvalue weighted by atomic mass is 16.5. The SMILES string of the molecule is CC(=O)N[C@H]1[C@H]([C@H](O)[C@H](O)CO)OC(C(=O)NCc2ccccc2)=C[C@@H]1O. The molecule has 1 aliphatic heterocycles. The van der Waals surface area contributed by atoms with Crippen LogP contribution in [0.1, 0.15) is 12.5 Å². The van der Waals surface area contributed by atoms with Crippen LogP contribution < -0.4 is 10.6 Å². The highest BCUT2D eigenvalue weighted by molar-refractivity contribution is 5.91. The molecule has 0 aromatic heterocycles. The van der Waals surface area contributed by atoms with Crippen molar-refractivity contribution >= 4 is 11.8 Å². The number of ether oxygens (including phenoxy) is 1. The number of hydrogen-bond acceptors (Lipinski definition) is 7. The average Bonchev–Trinajstić information content (AvgIpc) is 2.66. The van der Waals surface area contributed by atoms with Gasteiger partial charge in [-0.05, 0) is 11.6 Å². The molecule has 1 aromatic rings. The minimum atomic E-state index is -1.65. The van der Waals surface area contributed by atoms with Crippen molar-refractivity contribution < 1.29 is 34.8 Å². The summed E-state index contributed by atoms with van der Waals surface area (Å²) in [5.41, 5.74) is 0.853. The maximum Gasteiger partial charge on any atom is 0.286 e. The molecule has 0 saturated carbocycles. The van der Waals surface area contributed by atoms with Crippen LogP contribution in [0.4, 0.5) is 0 Å². The predicted molar refractivity (Wildman–Crippen MR) is 94.0 cm³/mol. The molecule has 0 bridgehead atoms. The molecule has 148 valence electrons. The van der Waals surface area contributed by atoms with Gasteiger partial charge < -0.3 is 35.8 Å². The van der Waals surface area contributed by atoms with Gasteiger partial charge in [0.25, 0.3) is 5.91 Å². The van der Waals surface area contributed by atoms with Crippen LogP contribution in [0.25, 0.3) is 0 Å². The summed E-state index contributed by atoms with van der Waals surface area (Å²) in [5, 5.41) is 44.3. The summed E-state index contributed by atoms with van der Waals surface area (Å²) in [7, 11) is 0. The fourth-order valence-corrected chi connectivity index (χ4v) is 2.72. The van der Waals surface area contributed by atoms with Gasteiger partial charge in [0.05, 0.1) is 12.6 Å². The third kappa shape index (κ3) is 5.51. The zero-order valence-electron chi connectivity index (χ0n) is 14.8. The molecule has 0 unspecified atom stereocenters. The second-order valence-electron chi connectivity index (χ2n) is 6.24. The van der Waals surface area contributed by atoms with Crippen LogP contribution in [-0.4, -0.2) is 69.3 Å². The molecule has 1 aromatic carbocycles. The number of carbonyl (C=O) groups is 2. The summed E-state index contributed by atoms with van der Waals surface area (Å²) >= 11 is 0. The molecule has 1 heterocycles. The van der Waals surface area contributed by atoms with E-state index in [1.54, 1.807) is 0 Å². The molecule has 2 amide bonds. The lowest BCUT2D eigenvalue weighted by molar-refractivity contribution is -0.139. The van der Waals surface area contributed by atoms with Crippen molar-refractivity contribution in [1.82, 2.24) is 10.6 Å². The number of aliphatic hydroxyl groups excluding tert-OH is 4. The van der Waals surface area contributed by atoms with Gasteiger partial charge >= 0.3 is 0 Å². The first-order valence-electron chi connectivity index (χ1n) is 8.46. The van der Waals surface area contributed by atoms with Gasteiger partial charge in [0, 0.05) is 13.5 Å². The third-order valence-electron chi connectivity index (χ3n) is 4.11. The molecule has 0 saturated heterocycles. The number of carbonyl (C=O) groups excluding carboxylic acids is 2. The fraction of sp³-hybridized carbons (Fsp3) is 0.444. The first kappa shape index (κ1) is 20.8.